The maximum atomic E-state index is 11.5. The summed E-state index contributed by atoms with van der Waals surface area (Å²) >= 11 is 1.70. The number of esters is 1. The number of pyridine rings is 1. The Hall–Kier alpha value is -1.95. The van der Waals surface area contributed by atoms with Crippen molar-refractivity contribution >= 4 is 23.1 Å². The van der Waals surface area contributed by atoms with Crippen LogP contribution in [0.15, 0.2) is 24.5 Å². The van der Waals surface area contributed by atoms with Crippen LogP contribution in [0.25, 0.3) is 0 Å². The van der Waals surface area contributed by atoms with E-state index in [0.29, 0.717) is 12.2 Å². The minimum absolute atomic E-state index is 0.343. The van der Waals surface area contributed by atoms with Gasteiger partial charge in [0.2, 0.25) is 0 Å². The van der Waals surface area contributed by atoms with Crippen LogP contribution in [0.5, 0.6) is 0 Å². The molecule has 6 heteroatoms. The van der Waals surface area contributed by atoms with Crippen molar-refractivity contribution < 1.29 is 9.53 Å². The minimum atomic E-state index is -0.343. The largest absolute Gasteiger partial charge is 0.462 e. The molecule has 2 heterocycles. The number of hydrogen-bond acceptors (Lipinski definition) is 6. The van der Waals surface area contributed by atoms with Crippen molar-refractivity contribution in [2.45, 2.75) is 20.3 Å². The summed E-state index contributed by atoms with van der Waals surface area (Å²) < 4.78 is 4.90. The quantitative estimate of drug-likeness (QED) is 0.829. The highest BCUT2D eigenvalue weighted by molar-refractivity contribution is 7.11. The van der Waals surface area contributed by atoms with Crippen molar-refractivity contribution in [3.8, 4) is 0 Å². The fourth-order valence-corrected chi connectivity index (χ4v) is 2.43. The number of carbonyl (C=O) groups excluding carboxylic acids is 1. The fourth-order valence-electron chi connectivity index (χ4n) is 1.65. The Morgan fingerprint density at radius 2 is 2.20 bits per heavy atom. The molecule has 1 N–H and O–H groups in total. The van der Waals surface area contributed by atoms with Crippen LogP contribution >= 0.6 is 11.3 Å². The van der Waals surface area contributed by atoms with Gasteiger partial charge in [0.1, 0.15) is 5.82 Å². The Morgan fingerprint density at radius 1 is 1.35 bits per heavy atom. The first-order valence-corrected chi connectivity index (χ1v) is 7.29. The van der Waals surface area contributed by atoms with E-state index >= 15 is 0 Å². The van der Waals surface area contributed by atoms with Crippen molar-refractivity contribution in [1.82, 2.24) is 9.97 Å². The number of hydrogen-bond donors (Lipinski definition) is 1. The average molecular weight is 291 g/mol. The van der Waals surface area contributed by atoms with Gasteiger partial charge >= 0.3 is 5.97 Å². The molecule has 0 spiro atoms. The smallest absolute Gasteiger partial charge is 0.339 e. The van der Waals surface area contributed by atoms with Crippen LogP contribution in [0, 0.1) is 6.92 Å². The normalized spacial score (nSPS) is 10.3. The standard InChI is InChI=1S/C14H17N3O2S/c1-3-19-14(18)11-4-5-12(16-9-11)15-7-6-13-17-8-10(2)20-13/h4-5,8-9H,3,6-7H2,1-2H3,(H,15,16). The summed E-state index contributed by atoms with van der Waals surface area (Å²) in [6.45, 7) is 4.95. The summed E-state index contributed by atoms with van der Waals surface area (Å²) in [5.41, 5.74) is 0.466. The van der Waals surface area contributed by atoms with Gasteiger partial charge in [-0.15, -0.1) is 11.3 Å². The Labute approximate surface area is 122 Å². The molecule has 0 aromatic carbocycles. The third-order valence-corrected chi connectivity index (χ3v) is 3.56. The lowest BCUT2D eigenvalue weighted by molar-refractivity contribution is 0.0526. The number of ether oxygens (including phenoxy) is 1. The molecule has 20 heavy (non-hydrogen) atoms. The van der Waals surface area contributed by atoms with Gasteiger partial charge in [-0.1, -0.05) is 0 Å². The SMILES string of the molecule is CCOC(=O)c1ccc(NCCc2ncc(C)s2)nc1. The molecule has 0 unspecified atom stereocenters. The molecule has 2 aromatic heterocycles. The minimum Gasteiger partial charge on any atom is -0.462 e. The molecular weight excluding hydrogens is 274 g/mol. The van der Waals surface area contributed by atoms with Gasteiger partial charge in [0, 0.05) is 30.2 Å². The predicted molar refractivity (Wildman–Crippen MR) is 79.2 cm³/mol. The van der Waals surface area contributed by atoms with Crippen LogP contribution in [-0.2, 0) is 11.2 Å². The topological polar surface area (TPSA) is 64.1 Å². The molecule has 0 saturated heterocycles. The molecule has 0 bridgehead atoms. The van der Waals surface area contributed by atoms with Crippen LogP contribution in [0.4, 0.5) is 5.82 Å². The zero-order chi connectivity index (χ0) is 14.4. The zero-order valence-electron chi connectivity index (χ0n) is 11.5. The predicted octanol–water partition coefficient (Wildman–Crippen LogP) is 2.68. The van der Waals surface area contributed by atoms with Gasteiger partial charge in [-0.25, -0.2) is 14.8 Å². The van der Waals surface area contributed by atoms with Crippen molar-refractivity contribution in [1.29, 1.82) is 0 Å². The summed E-state index contributed by atoms with van der Waals surface area (Å²) in [6, 6.07) is 3.49. The molecule has 5 nitrogen and oxygen atoms in total. The first-order valence-electron chi connectivity index (χ1n) is 6.47. The number of anilines is 1. The summed E-state index contributed by atoms with van der Waals surface area (Å²) in [7, 11) is 0. The van der Waals surface area contributed by atoms with E-state index < -0.39 is 0 Å². The van der Waals surface area contributed by atoms with Crippen LogP contribution in [0.1, 0.15) is 27.2 Å². The number of nitrogens with one attached hydrogen (secondary N) is 1. The highest BCUT2D eigenvalue weighted by Gasteiger charge is 2.06. The van der Waals surface area contributed by atoms with E-state index in [4.69, 9.17) is 4.74 Å². The number of aryl methyl sites for hydroxylation is 1. The van der Waals surface area contributed by atoms with Crippen LogP contribution < -0.4 is 5.32 Å². The van der Waals surface area contributed by atoms with E-state index in [9.17, 15) is 4.79 Å². The summed E-state index contributed by atoms with van der Waals surface area (Å²) in [5.74, 6) is 0.399. The Kier molecular flexibility index (Phi) is 5.06. The molecule has 0 radical (unpaired) electrons. The van der Waals surface area contributed by atoms with Gasteiger partial charge in [-0.2, -0.15) is 0 Å². The number of thiazole rings is 1. The number of nitrogens with zero attached hydrogens (tertiary/aromatic N) is 2. The number of rotatable bonds is 6. The van der Waals surface area contributed by atoms with Gasteiger partial charge in [0.25, 0.3) is 0 Å². The maximum Gasteiger partial charge on any atom is 0.339 e. The second kappa shape index (κ2) is 7.00. The molecule has 0 amide bonds. The monoisotopic (exact) mass is 291 g/mol. The van der Waals surface area contributed by atoms with Gasteiger partial charge < -0.3 is 10.1 Å². The van der Waals surface area contributed by atoms with Crippen molar-refractivity contribution in [2.75, 3.05) is 18.5 Å². The molecule has 106 valence electrons. The van der Waals surface area contributed by atoms with E-state index in [1.807, 2.05) is 13.1 Å². The highest BCUT2D eigenvalue weighted by atomic mass is 32.1. The van der Waals surface area contributed by atoms with E-state index in [1.165, 1.54) is 11.1 Å². The number of aromatic nitrogens is 2. The lowest BCUT2D eigenvalue weighted by atomic mass is 10.3. The van der Waals surface area contributed by atoms with Crippen molar-refractivity contribution in [2.24, 2.45) is 0 Å². The van der Waals surface area contributed by atoms with Crippen molar-refractivity contribution in [3.05, 3.63) is 40.0 Å². The lowest BCUT2D eigenvalue weighted by Gasteiger charge is -2.05. The molecular formula is C14H17N3O2S. The molecule has 0 aliphatic heterocycles. The van der Waals surface area contributed by atoms with Gasteiger partial charge in [0.05, 0.1) is 17.2 Å². The average Bonchev–Trinajstić information content (AvgIpc) is 2.85. The second-order valence-corrected chi connectivity index (χ2v) is 5.51. The molecule has 0 aliphatic rings. The van der Waals surface area contributed by atoms with Crippen molar-refractivity contribution in [3.63, 3.8) is 0 Å². The summed E-state index contributed by atoms with van der Waals surface area (Å²) in [4.78, 5) is 21.2. The van der Waals surface area contributed by atoms with E-state index in [0.717, 1.165) is 23.8 Å². The first kappa shape index (κ1) is 14.5. The molecule has 2 aromatic rings. The highest BCUT2D eigenvalue weighted by Crippen LogP contribution is 2.12. The Bertz CT molecular complexity index is 566. The summed E-state index contributed by atoms with van der Waals surface area (Å²) in [5, 5.41) is 4.31. The molecule has 0 saturated carbocycles. The number of carbonyl (C=O) groups is 1. The van der Waals surface area contributed by atoms with Gasteiger partial charge in [-0.3, -0.25) is 0 Å². The lowest BCUT2D eigenvalue weighted by Crippen LogP contribution is -2.08. The van der Waals surface area contributed by atoms with Crippen LogP contribution in [-0.4, -0.2) is 29.1 Å². The van der Waals surface area contributed by atoms with Crippen LogP contribution in [0.3, 0.4) is 0 Å². The second-order valence-electron chi connectivity index (χ2n) is 4.19. The Morgan fingerprint density at radius 3 is 2.80 bits per heavy atom. The zero-order valence-corrected chi connectivity index (χ0v) is 12.4. The van der Waals surface area contributed by atoms with E-state index in [-0.39, 0.29) is 5.97 Å². The van der Waals surface area contributed by atoms with Gasteiger partial charge in [0.15, 0.2) is 0 Å². The van der Waals surface area contributed by atoms with Gasteiger partial charge in [-0.05, 0) is 26.0 Å². The summed E-state index contributed by atoms with van der Waals surface area (Å²) in [6.07, 6.45) is 4.26. The molecule has 2 rings (SSSR count). The fraction of sp³-hybridized carbons (Fsp3) is 0.357. The van der Waals surface area contributed by atoms with Crippen LogP contribution in [0.2, 0.25) is 0 Å². The van der Waals surface area contributed by atoms with E-state index in [1.54, 1.807) is 30.4 Å². The molecule has 0 aliphatic carbocycles. The molecule has 0 atom stereocenters. The Balaban J connectivity index is 1.83. The van der Waals surface area contributed by atoms with E-state index in [2.05, 4.69) is 15.3 Å². The first-order chi connectivity index (χ1) is 9.69. The third-order valence-electron chi connectivity index (χ3n) is 2.59. The third kappa shape index (κ3) is 4.03. The maximum absolute atomic E-state index is 11.5. The molecule has 0 fully saturated rings.